The third-order valence-corrected chi connectivity index (χ3v) is 10.2. The van der Waals surface area contributed by atoms with E-state index in [1.807, 2.05) is 36.4 Å². The molecule has 2 heterocycles. The van der Waals surface area contributed by atoms with E-state index in [9.17, 15) is 0 Å². The van der Waals surface area contributed by atoms with Gasteiger partial charge in [0, 0.05) is 27.5 Å². The van der Waals surface area contributed by atoms with Crippen LogP contribution in [0.5, 0.6) is 0 Å². The number of hydrogen-bond acceptors (Lipinski definition) is 4. The predicted octanol–water partition coefficient (Wildman–Crippen LogP) is 13.4. The average molecular weight is 704 g/mol. The number of para-hydroxylation sites is 1. The van der Waals surface area contributed by atoms with Crippen LogP contribution in [-0.4, -0.2) is 15.0 Å². The number of nitrogens with zero attached hydrogens (tertiary/aromatic N) is 3. The van der Waals surface area contributed by atoms with Crippen LogP contribution in [-0.2, 0) is 0 Å². The molecule has 55 heavy (non-hydrogen) atoms. The molecular weight excluding hydrogens is 671 g/mol. The molecule has 8 aromatic carbocycles. The van der Waals surface area contributed by atoms with Gasteiger partial charge in [0.2, 0.25) is 0 Å². The van der Waals surface area contributed by atoms with Crippen molar-refractivity contribution < 1.29 is 4.42 Å². The number of fused-ring (bicyclic) bond motifs is 3. The van der Waals surface area contributed by atoms with E-state index in [1.165, 1.54) is 11.1 Å². The van der Waals surface area contributed by atoms with E-state index in [4.69, 9.17) is 19.4 Å². The molecule has 0 saturated carbocycles. The molecule has 0 atom stereocenters. The summed E-state index contributed by atoms with van der Waals surface area (Å²) < 4.78 is 6.12. The Kier molecular flexibility index (Phi) is 8.12. The van der Waals surface area contributed by atoms with Gasteiger partial charge in [0.1, 0.15) is 11.2 Å². The summed E-state index contributed by atoms with van der Waals surface area (Å²) >= 11 is 0. The lowest BCUT2D eigenvalue weighted by Gasteiger charge is -2.13. The Morgan fingerprint density at radius 2 is 0.709 bits per heavy atom. The maximum atomic E-state index is 6.12. The molecule has 258 valence electrons. The van der Waals surface area contributed by atoms with Crippen molar-refractivity contribution in [3.05, 3.63) is 200 Å². The van der Waals surface area contributed by atoms with Crippen molar-refractivity contribution in [1.29, 1.82) is 0 Å². The van der Waals surface area contributed by atoms with Gasteiger partial charge in [0.15, 0.2) is 17.5 Å². The van der Waals surface area contributed by atoms with Crippen molar-refractivity contribution in [1.82, 2.24) is 15.0 Å². The topological polar surface area (TPSA) is 51.8 Å². The average Bonchev–Trinajstić information content (AvgIpc) is 3.65. The molecule has 4 nitrogen and oxygen atoms in total. The van der Waals surface area contributed by atoms with E-state index in [0.29, 0.717) is 17.5 Å². The Morgan fingerprint density at radius 1 is 0.255 bits per heavy atom. The first-order valence-corrected chi connectivity index (χ1v) is 18.4. The quantitative estimate of drug-likeness (QED) is 0.166. The summed E-state index contributed by atoms with van der Waals surface area (Å²) in [6, 6.07) is 69.4. The zero-order valence-electron chi connectivity index (χ0n) is 29.8. The summed E-state index contributed by atoms with van der Waals surface area (Å²) in [4.78, 5) is 15.4. The van der Waals surface area contributed by atoms with Crippen LogP contribution in [0.1, 0.15) is 0 Å². The van der Waals surface area contributed by atoms with Crippen LogP contribution in [0.25, 0.3) is 101 Å². The molecule has 10 rings (SSSR count). The van der Waals surface area contributed by atoms with Gasteiger partial charge in [-0.25, -0.2) is 15.0 Å². The van der Waals surface area contributed by atoms with Crippen LogP contribution in [0, 0.1) is 0 Å². The molecule has 0 N–H and O–H groups in total. The van der Waals surface area contributed by atoms with E-state index >= 15 is 0 Å². The SMILES string of the molecule is c1ccc(-c2ccc(-c3ccc(-c4nc(-c5cccc(-c6ccc7oc8ccccc8c7c6)c5)nc(-c5ccccc5-c5ccccc5)n4)cc3)cc2)cc1. The normalized spacial score (nSPS) is 11.3. The van der Waals surface area contributed by atoms with E-state index in [0.717, 1.165) is 72.0 Å². The summed E-state index contributed by atoms with van der Waals surface area (Å²) in [5.41, 5.74) is 13.6. The maximum absolute atomic E-state index is 6.12. The van der Waals surface area contributed by atoms with E-state index < -0.39 is 0 Å². The van der Waals surface area contributed by atoms with Gasteiger partial charge >= 0.3 is 0 Å². The standard InChI is InChI=1S/C51H33N3O/c1-3-12-34(13-4-1)35-22-24-36(25-23-35)37-26-28-39(29-27-37)49-52-50(54-51(53-49)45-20-8-7-18-43(45)38-14-5-2-6-15-38)42-17-11-16-40(32-42)41-30-31-48-46(33-41)44-19-9-10-21-47(44)55-48/h1-33H. The molecular formula is C51H33N3O. The first kappa shape index (κ1) is 32.2. The summed E-state index contributed by atoms with van der Waals surface area (Å²) in [7, 11) is 0. The lowest BCUT2D eigenvalue weighted by Crippen LogP contribution is -2.01. The maximum Gasteiger partial charge on any atom is 0.164 e. The molecule has 0 radical (unpaired) electrons. The molecule has 0 aliphatic carbocycles. The number of aromatic nitrogens is 3. The number of furan rings is 1. The molecule has 0 spiro atoms. The molecule has 4 heteroatoms. The summed E-state index contributed by atoms with van der Waals surface area (Å²) in [6.07, 6.45) is 0. The van der Waals surface area contributed by atoms with E-state index in [2.05, 4.69) is 164 Å². The highest BCUT2D eigenvalue weighted by Crippen LogP contribution is 2.36. The van der Waals surface area contributed by atoms with Crippen LogP contribution in [0.15, 0.2) is 205 Å². The van der Waals surface area contributed by atoms with Gasteiger partial charge in [-0.3, -0.25) is 0 Å². The molecule has 0 aliphatic heterocycles. The van der Waals surface area contributed by atoms with Gasteiger partial charge in [-0.1, -0.05) is 176 Å². The minimum Gasteiger partial charge on any atom is -0.456 e. The molecule has 0 unspecified atom stereocenters. The second-order valence-corrected chi connectivity index (χ2v) is 13.6. The first-order chi connectivity index (χ1) is 27.2. The van der Waals surface area contributed by atoms with Gasteiger partial charge in [0.05, 0.1) is 0 Å². The first-order valence-electron chi connectivity index (χ1n) is 18.4. The van der Waals surface area contributed by atoms with Crippen molar-refractivity contribution in [2.45, 2.75) is 0 Å². The van der Waals surface area contributed by atoms with Crippen molar-refractivity contribution in [3.63, 3.8) is 0 Å². The van der Waals surface area contributed by atoms with Crippen LogP contribution >= 0.6 is 0 Å². The van der Waals surface area contributed by atoms with Gasteiger partial charge in [-0.2, -0.15) is 0 Å². The summed E-state index contributed by atoms with van der Waals surface area (Å²) in [5.74, 6) is 1.85. The summed E-state index contributed by atoms with van der Waals surface area (Å²) in [6.45, 7) is 0. The number of benzene rings is 8. The van der Waals surface area contributed by atoms with Gasteiger partial charge in [-0.15, -0.1) is 0 Å². The smallest absolute Gasteiger partial charge is 0.164 e. The van der Waals surface area contributed by atoms with Crippen LogP contribution in [0.3, 0.4) is 0 Å². The highest BCUT2D eigenvalue weighted by molar-refractivity contribution is 6.06. The monoisotopic (exact) mass is 703 g/mol. The Bertz CT molecular complexity index is 2950. The highest BCUT2D eigenvalue weighted by atomic mass is 16.3. The lowest BCUT2D eigenvalue weighted by atomic mass is 9.98. The third kappa shape index (κ3) is 6.26. The van der Waals surface area contributed by atoms with Gasteiger partial charge in [-0.05, 0) is 68.8 Å². The fourth-order valence-corrected chi connectivity index (χ4v) is 7.34. The zero-order chi connectivity index (χ0) is 36.6. The fraction of sp³-hybridized carbons (Fsp3) is 0. The van der Waals surface area contributed by atoms with Crippen LogP contribution in [0.2, 0.25) is 0 Å². The Labute approximate surface area is 319 Å². The molecule has 2 aromatic heterocycles. The Balaban J connectivity index is 1.06. The van der Waals surface area contributed by atoms with Crippen molar-refractivity contribution in [2.75, 3.05) is 0 Å². The second-order valence-electron chi connectivity index (χ2n) is 13.6. The van der Waals surface area contributed by atoms with Crippen molar-refractivity contribution in [2.24, 2.45) is 0 Å². The van der Waals surface area contributed by atoms with Crippen molar-refractivity contribution in [3.8, 4) is 78.7 Å². The summed E-state index contributed by atoms with van der Waals surface area (Å²) in [5, 5.41) is 2.20. The molecule has 0 saturated heterocycles. The van der Waals surface area contributed by atoms with Gasteiger partial charge < -0.3 is 4.42 Å². The molecule has 0 bridgehead atoms. The van der Waals surface area contributed by atoms with Crippen LogP contribution < -0.4 is 0 Å². The van der Waals surface area contributed by atoms with E-state index in [1.54, 1.807) is 0 Å². The largest absolute Gasteiger partial charge is 0.456 e. The molecule has 0 fully saturated rings. The Hall–Kier alpha value is -7.43. The Morgan fingerprint density at radius 3 is 1.42 bits per heavy atom. The minimum atomic E-state index is 0.611. The number of rotatable bonds is 7. The highest BCUT2D eigenvalue weighted by Gasteiger charge is 2.17. The number of hydrogen-bond donors (Lipinski definition) is 0. The second kappa shape index (κ2) is 13.8. The van der Waals surface area contributed by atoms with Crippen molar-refractivity contribution >= 4 is 21.9 Å². The predicted molar refractivity (Wildman–Crippen MR) is 225 cm³/mol. The van der Waals surface area contributed by atoms with Gasteiger partial charge in [0.25, 0.3) is 0 Å². The van der Waals surface area contributed by atoms with Crippen LogP contribution in [0.4, 0.5) is 0 Å². The lowest BCUT2D eigenvalue weighted by molar-refractivity contribution is 0.669. The molecule has 0 aliphatic rings. The fourth-order valence-electron chi connectivity index (χ4n) is 7.34. The molecule has 0 amide bonds. The minimum absolute atomic E-state index is 0.611. The third-order valence-electron chi connectivity index (χ3n) is 10.2. The molecule has 10 aromatic rings. The zero-order valence-corrected chi connectivity index (χ0v) is 29.8. The van der Waals surface area contributed by atoms with E-state index in [-0.39, 0.29) is 0 Å².